The van der Waals surface area contributed by atoms with Gasteiger partial charge >= 0.3 is 0 Å². The smallest absolute Gasteiger partial charge is 0.254 e. The minimum absolute atomic E-state index is 0.0441. The first kappa shape index (κ1) is 15.8. The summed E-state index contributed by atoms with van der Waals surface area (Å²) in [5.74, 6) is -2.10. The first-order valence-corrected chi connectivity index (χ1v) is 7.06. The molecule has 19 heavy (non-hydrogen) atoms. The molecule has 0 radical (unpaired) electrons. The molecule has 0 spiro atoms. The highest BCUT2D eigenvalue weighted by atomic mass is 32.2. The molecule has 1 amide bonds. The number of aromatic hydroxyl groups is 1. The quantitative estimate of drug-likeness (QED) is 0.906. The van der Waals surface area contributed by atoms with Crippen LogP contribution in [-0.4, -0.2) is 40.5 Å². The van der Waals surface area contributed by atoms with Crippen LogP contribution in [0.2, 0.25) is 0 Å². The van der Waals surface area contributed by atoms with E-state index in [1.54, 1.807) is 18.8 Å². The fourth-order valence-electron chi connectivity index (χ4n) is 1.49. The number of amides is 1. The molecule has 0 aliphatic heterocycles. The van der Waals surface area contributed by atoms with Crippen LogP contribution in [0.25, 0.3) is 0 Å². The Labute approximate surface area is 115 Å². The second-order valence-corrected chi connectivity index (χ2v) is 5.53. The van der Waals surface area contributed by atoms with Crippen molar-refractivity contribution in [3.05, 3.63) is 29.3 Å². The standard InChI is InChI=1S/C13H17F2NO2S/c1-4-19-7-8(2)16(3)13(18)9-5-10(14)12(17)11(15)6-9/h5-6,8,17H,4,7H2,1-3H3/t8-/m0/s1. The van der Waals surface area contributed by atoms with Gasteiger partial charge in [0.1, 0.15) is 0 Å². The molecule has 0 saturated heterocycles. The molecule has 3 nitrogen and oxygen atoms in total. The van der Waals surface area contributed by atoms with E-state index >= 15 is 0 Å². The molecule has 0 aliphatic rings. The van der Waals surface area contributed by atoms with Crippen LogP contribution in [0.1, 0.15) is 24.2 Å². The molecular formula is C13H17F2NO2S. The molecule has 1 N–H and O–H groups in total. The minimum atomic E-state index is -1.13. The molecule has 6 heteroatoms. The number of nitrogens with zero attached hydrogens (tertiary/aromatic N) is 1. The number of phenols is 1. The van der Waals surface area contributed by atoms with Crippen LogP contribution >= 0.6 is 11.8 Å². The van der Waals surface area contributed by atoms with E-state index < -0.39 is 23.3 Å². The Morgan fingerprint density at radius 3 is 2.42 bits per heavy atom. The lowest BCUT2D eigenvalue weighted by atomic mass is 10.1. The summed E-state index contributed by atoms with van der Waals surface area (Å²) in [7, 11) is 1.59. The Hall–Kier alpha value is -1.30. The lowest BCUT2D eigenvalue weighted by Crippen LogP contribution is -2.36. The summed E-state index contributed by atoms with van der Waals surface area (Å²) in [4.78, 5) is 13.5. The van der Waals surface area contributed by atoms with Gasteiger partial charge in [0.25, 0.3) is 5.91 Å². The zero-order chi connectivity index (χ0) is 14.6. The average molecular weight is 289 g/mol. The summed E-state index contributed by atoms with van der Waals surface area (Å²) in [6, 6.07) is 1.64. The van der Waals surface area contributed by atoms with Crippen LogP contribution < -0.4 is 0 Å². The van der Waals surface area contributed by atoms with E-state index in [1.165, 1.54) is 4.90 Å². The Kier molecular flexibility index (Phi) is 5.60. The summed E-state index contributed by atoms with van der Waals surface area (Å²) in [6.45, 7) is 3.89. The van der Waals surface area contributed by atoms with E-state index in [-0.39, 0.29) is 11.6 Å². The number of hydrogen-bond acceptors (Lipinski definition) is 3. The van der Waals surface area contributed by atoms with Crippen molar-refractivity contribution in [3.63, 3.8) is 0 Å². The van der Waals surface area contributed by atoms with Crippen molar-refractivity contribution in [2.75, 3.05) is 18.6 Å². The van der Waals surface area contributed by atoms with E-state index in [2.05, 4.69) is 0 Å². The van der Waals surface area contributed by atoms with Crippen LogP contribution in [0.5, 0.6) is 5.75 Å². The molecule has 1 aromatic carbocycles. The summed E-state index contributed by atoms with van der Waals surface area (Å²) in [6.07, 6.45) is 0. The number of benzene rings is 1. The average Bonchev–Trinajstić information content (AvgIpc) is 2.39. The molecule has 0 aromatic heterocycles. The lowest BCUT2D eigenvalue weighted by molar-refractivity contribution is 0.0756. The Morgan fingerprint density at radius 2 is 1.95 bits per heavy atom. The van der Waals surface area contributed by atoms with Gasteiger partial charge in [-0.2, -0.15) is 11.8 Å². The third-order valence-electron chi connectivity index (χ3n) is 2.81. The van der Waals surface area contributed by atoms with Gasteiger partial charge in [0, 0.05) is 24.4 Å². The van der Waals surface area contributed by atoms with Crippen molar-refractivity contribution < 1.29 is 18.7 Å². The van der Waals surface area contributed by atoms with Gasteiger partial charge < -0.3 is 10.0 Å². The molecule has 0 unspecified atom stereocenters. The summed E-state index contributed by atoms with van der Waals surface area (Å²) >= 11 is 1.68. The Balaban J connectivity index is 2.88. The minimum Gasteiger partial charge on any atom is -0.503 e. The summed E-state index contributed by atoms with van der Waals surface area (Å²) in [5, 5.41) is 9.00. The van der Waals surface area contributed by atoms with Gasteiger partial charge in [-0.15, -0.1) is 0 Å². The van der Waals surface area contributed by atoms with E-state index in [0.29, 0.717) is 0 Å². The molecule has 1 atom stereocenters. The first-order chi connectivity index (χ1) is 8.88. The van der Waals surface area contributed by atoms with Crippen LogP contribution in [0.15, 0.2) is 12.1 Å². The van der Waals surface area contributed by atoms with Crippen molar-refractivity contribution in [3.8, 4) is 5.75 Å². The number of phenolic OH excluding ortho intramolecular Hbond substituents is 1. The van der Waals surface area contributed by atoms with Gasteiger partial charge in [-0.3, -0.25) is 4.79 Å². The molecule has 1 aromatic rings. The normalized spacial score (nSPS) is 12.3. The molecule has 0 aliphatic carbocycles. The van der Waals surface area contributed by atoms with Crippen LogP contribution in [0.3, 0.4) is 0 Å². The monoisotopic (exact) mass is 289 g/mol. The van der Waals surface area contributed by atoms with Crippen molar-refractivity contribution >= 4 is 17.7 Å². The molecule has 1 rings (SSSR count). The molecule has 0 heterocycles. The van der Waals surface area contributed by atoms with Gasteiger partial charge in [0.2, 0.25) is 0 Å². The highest BCUT2D eigenvalue weighted by Gasteiger charge is 2.20. The molecule has 0 bridgehead atoms. The summed E-state index contributed by atoms with van der Waals surface area (Å²) < 4.78 is 26.4. The second kappa shape index (κ2) is 6.75. The van der Waals surface area contributed by atoms with E-state index in [4.69, 9.17) is 5.11 Å². The third-order valence-corrected chi connectivity index (χ3v) is 3.93. The second-order valence-electron chi connectivity index (χ2n) is 4.21. The number of thioether (sulfide) groups is 1. The van der Waals surface area contributed by atoms with Gasteiger partial charge in [0.15, 0.2) is 17.4 Å². The lowest BCUT2D eigenvalue weighted by Gasteiger charge is -2.24. The number of carbonyl (C=O) groups excluding carboxylic acids is 1. The van der Waals surface area contributed by atoms with Crippen molar-refractivity contribution in [1.29, 1.82) is 0 Å². The van der Waals surface area contributed by atoms with Crippen LogP contribution in [0.4, 0.5) is 8.78 Å². The van der Waals surface area contributed by atoms with Crippen molar-refractivity contribution in [2.45, 2.75) is 19.9 Å². The fraction of sp³-hybridized carbons (Fsp3) is 0.462. The van der Waals surface area contributed by atoms with Crippen LogP contribution in [-0.2, 0) is 0 Å². The topological polar surface area (TPSA) is 40.5 Å². The van der Waals surface area contributed by atoms with Gasteiger partial charge in [-0.05, 0) is 24.8 Å². The maximum Gasteiger partial charge on any atom is 0.254 e. The predicted octanol–water partition coefficient (Wildman–Crippen LogP) is 2.88. The Bertz CT molecular complexity index is 445. The zero-order valence-corrected chi connectivity index (χ0v) is 11.9. The first-order valence-electron chi connectivity index (χ1n) is 5.91. The Morgan fingerprint density at radius 1 is 1.42 bits per heavy atom. The van der Waals surface area contributed by atoms with Crippen LogP contribution in [0, 0.1) is 11.6 Å². The van der Waals surface area contributed by atoms with Gasteiger partial charge in [0.05, 0.1) is 0 Å². The maximum atomic E-state index is 13.2. The number of carbonyl (C=O) groups is 1. The van der Waals surface area contributed by atoms with Gasteiger partial charge in [-0.1, -0.05) is 6.92 Å². The largest absolute Gasteiger partial charge is 0.503 e. The van der Waals surface area contributed by atoms with Crippen molar-refractivity contribution in [2.24, 2.45) is 0 Å². The highest BCUT2D eigenvalue weighted by Crippen LogP contribution is 2.22. The zero-order valence-electron chi connectivity index (χ0n) is 11.1. The molecular weight excluding hydrogens is 272 g/mol. The van der Waals surface area contributed by atoms with E-state index in [9.17, 15) is 13.6 Å². The third kappa shape index (κ3) is 3.83. The highest BCUT2D eigenvalue weighted by molar-refractivity contribution is 7.99. The molecule has 0 saturated carbocycles. The molecule has 0 fully saturated rings. The SMILES string of the molecule is CCSC[C@H](C)N(C)C(=O)c1cc(F)c(O)c(F)c1. The predicted molar refractivity (Wildman–Crippen MR) is 72.6 cm³/mol. The van der Waals surface area contributed by atoms with Crippen molar-refractivity contribution in [1.82, 2.24) is 4.90 Å². The summed E-state index contributed by atoms with van der Waals surface area (Å²) in [5.41, 5.74) is -0.108. The van der Waals surface area contributed by atoms with Gasteiger partial charge in [-0.25, -0.2) is 8.78 Å². The van der Waals surface area contributed by atoms with E-state index in [1.807, 2.05) is 13.8 Å². The number of hydrogen-bond donors (Lipinski definition) is 1. The number of halogens is 2. The fourth-order valence-corrected chi connectivity index (χ4v) is 2.29. The molecule has 106 valence electrons. The van der Waals surface area contributed by atoms with E-state index in [0.717, 1.165) is 23.6 Å². The maximum absolute atomic E-state index is 13.2. The number of rotatable bonds is 5.